The predicted molar refractivity (Wildman–Crippen MR) is 124 cm³/mol. The van der Waals surface area contributed by atoms with Gasteiger partial charge in [0.1, 0.15) is 0 Å². The zero-order valence-corrected chi connectivity index (χ0v) is 18.6. The van der Waals surface area contributed by atoms with Gasteiger partial charge in [-0.15, -0.1) is 0 Å². The number of hydrogen-bond acceptors (Lipinski definition) is 0. The maximum atomic E-state index is 2.40. The highest BCUT2D eigenvalue weighted by Gasteiger charge is 2.20. The van der Waals surface area contributed by atoms with Crippen molar-refractivity contribution in [2.24, 2.45) is 11.8 Å². The van der Waals surface area contributed by atoms with Crippen molar-refractivity contribution in [3.63, 3.8) is 0 Å². The Bertz CT molecular complexity index is 614. The summed E-state index contributed by atoms with van der Waals surface area (Å²) in [5, 5.41) is 0. The normalized spacial score (nSPS) is 27.6. The van der Waals surface area contributed by atoms with Crippen molar-refractivity contribution in [3.8, 4) is 11.1 Å². The molecule has 0 radical (unpaired) electrons. The average Bonchev–Trinajstić information content (AvgIpc) is 2.77. The van der Waals surface area contributed by atoms with Gasteiger partial charge >= 0.3 is 0 Å². The SMILES string of the molecule is CC.CC1CCC(c2ccc(-c3ccc(C4CCC(C)CC4)cc3)cc2)CC1. The molecule has 0 N–H and O–H groups in total. The molecule has 0 heteroatoms. The third-order valence-corrected chi connectivity index (χ3v) is 7.13. The standard InChI is InChI=1S/C26H34.C2H6/c1-19-3-7-21(8-4-19)23-11-15-25(16-12-23)26-17-13-24(14-18-26)22-9-5-20(2)6-10-22;1-2/h11-22H,3-10H2,1-2H3;1-2H3. The molecule has 0 saturated heterocycles. The maximum absolute atomic E-state index is 2.40. The van der Waals surface area contributed by atoms with E-state index in [0.717, 1.165) is 23.7 Å². The van der Waals surface area contributed by atoms with Crippen molar-refractivity contribution < 1.29 is 0 Å². The minimum Gasteiger partial charge on any atom is -0.0683 e. The van der Waals surface area contributed by atoms with Gasteiger partial charge < -0.3 is 0 Å². The maximum Gasteiger partial charge on any atom is -0.0162 e. The average molecular weight is 377 g/mol. The molecule has 2 fully saturated rings. The van der Waals surface area contributed by atoms with Crippen LogP contribution in [0.3, 0.4) is 0 Å². The van der Waals surface area contributed by atoms with Crippen molar-refractivity contribution in [1.29, 1.82) is 0 Å². The molecule has 0 aliphatic heterocycles. The van der Waals surface area contributed by atoms with Crippen molar-refractivity contribution in [2.45, 2.75) is 90.9 Å². The summed E-state index contributed by atoms with van der Waals surface area (Å²) in [7, 11) is 0. The highest BCUT2D eigenvalue weighted by atomic mass is 14.3. The Morgan fingerprint density at radius 2 is 0.750 bits per heavy atom. The van der Waals surface area contributed by atoms with Crippen LogP contribution in [0.4, 0.5) is 0 Å². The highest BCUT2D eigenvalue weighted by molar-refractivity contribution is 5.64. The van der Waals surface area contributed by atoms with Crippen LogP contribution in [0.1, 0.15) is 102 Å². The first kappa shape index (κ1) is 21.2. The Hall–Kier alpha value is -1.56. The van der Waals surface area contributed by atoms with Gasteiger partial charge in [-0.3, -0.25) is 0 Å². The molecular formula is C28H40. The summed E-state index contributed by atoms with van der Waals surface area (Å²) < 4.78 is 0. The lowest BCUT2D eigenvalue weighted by molar-refractivity contribution is 0.348. The van der Waals surface area contributed by atoms with Crippen molar-refractivity contribution in [3.05, 3.63) is 59.7 Å². The Labute approximate surface area is 173 Å². The molecule has 2 aromatic rings. The summed E-state index contributed by atoms with van der Waals surface area (Å²) >= 11 is 0. The lowest BCUT2D eigenvalue weighted by Gasteiger charge is -2.27. The fourth-order valence-corrected chi connectivity index (χ4v) is 5.08. The van der Waals surface area contributed by atoms with E-state index in [0.29, 0.717) is 0 Å². The summed E-state index contributed by atoms with van der Waals surface area (Å²) in [5.41, 5.74) is 5.82. The highest BCUT2D eigenvalue weighted by Crippen LogP contribution is 2.37. The monoisotopic (exact) mass is 376 g/mol. The van der Waals surface area contributed by atoms with Crippen LogP contribution < -0.4 is 0 Å². The van der Waals surface area contributed by atoms with Crippen LogP contribution in [-0.2, 0) is 0 Å². The summed E-state index contributed by atoms with van der Waals surface area (Å²) in [6, 6.07) is 18.9. The van der Waals surface area contributed by atoms with Gasteiger partial charge in [0.15, 0.2) is 0 Å². The number of rotatable bonds is 3. The topological polar surface area (TPSA) is 0 Å². The molecule has 152 valence electrons. The van der Waals surface area contributed by atoms with Crippen LogP contribution in [0, 0.1) is 11.8 Å². The van der Waals surface area contributed by atoms with Crippen LogP contribution >= 0.6 is 0 Å². The predicted octanol–water partition coefficient (Wildman–Crippen LogP) is 8.97. The first-order chi connectivity index (χ1) is 13.7. The van der Waals surface area contributed by atoms with Crippen LogP contribution in [0.15, 0.2) is 48.5 Å². The van der Waals surface area contributed by atoms with Gasteiger partial charge in [0, 0.05) is 0 Å². The molecule has 0 bridgehead atoms. The molecule has 2 aromatic carbocycles. The van der Waals surface area contributed by atoms with E-state index in [2.05, 4.69) is 62.4 Å². The first-order valence-corrected chi connectivity index (χ1v) is 11.9. The van der Waals surface area contributed by atoms with E-state index in [4.69, 9.17) is 0 Å². The lowest BCUT2D eigenvalue weighted by Crippen LogP contribution is -2.10. The molecule has 2 aliphatic rings. The molecule has 2 saturated carbocycles. The Morgan fingerprint density at radius 1 is 0.464 bits per heavy atom. The third-order valence-electron chi connectivity index (χ3n) is 7.13. The van der Waals surface area contributed by atoms with E-state index in [1.807, 2.05) is 13.8 Å². The van der Waals surface area contributed by atoms with E-state index < -0.39 is 0 Å². The van der Waals surface area contributed by atoms with Crippen molar-refractivity contribution in [2.75, 3.05) is 0 Å². The van der Waals surface area contributed by atoms with Gasteiger partial charge in [-0.25, -0.2) is 0 Å². The molecule has 28 heavy (non-hydrogen) atoms. The largest absolute Gasteiger partial charge is 0.0683 e. The smallest absolute Gasteiger partial charge is 0.0162 e. The van der Waals surface area contributed by atoms with E-state index in [1.165, 1.54) is 62.5 Å². The fourth-order valence-electron chi connectivity index (χ4n) is 5.08. The summed E-state index contributed by atoms with van der Waals surface area (Å²) in [5.74, 6) is 3.43. The van der Waals surface area contributed by atoms with Gasteiger partial charge in [0.2, 0.25) is 0 Å². The second kappa shape index (κ2) is 10.3. The second-order valence-corrected chi connectivity index (χ2v) is 9.16. The zero-order chi connectivity index (χ0) is 19.9. The number of benzene rings is 2. The lowest BCUT2D eigenvalue weighted by atomic mass is 9.79. The fraction of sp³-hybridized carbons (Fsp3) is 0.571. The van der Waals surface area contributed by atoms with Gasteiger partial charge in [-0.05, 0) is 71.6 Å². The molecule has 2 aliphatic carbocycles. The van der Waals surface area contributed by atoms with E-state index in [9.17, 15) is 0 Å². The number of hydrogen-bond donors (Lipinski definition) is 0. The summed E-state index contributed by atoms with van der Waals surface area (Å²) in [6.07, 6.45) is 11.1. The Balaban J connectivity index is 0.00000109. The van der Waals surface area contributed by atoms with Crippen LogP contribution in [0.25, 0.3) is 11.1 Å². The molecule has 0 aromatic heterocycles. The molecule has 0 nitrogen and oxygen atoms in total. The zero-order valence-electron chi connectivity index (χ0n) is 18.6. The summed E-state index contributed by atoms with van der Waals surface area (Å²) in [4.78, 5) is 0. The van der Waals surface area contributed by atoms with E-state index >= 15 is 0 Å². The quantitative estimate of drug-likeness (QED) is 0.501. The van der Waals surface area contributed by atoms with Gasteiger partial charge in [0.25, 0.3) is 0 Å². The molecule has 0 atom stereocenters. The molecular weight excluding hydrogens is 336 g/mol. The van der Waals surface area contributed by atoms with Crippen LogP contribution in [0.2, 0.25) is 0 Å². The minimum atomic E-state index is 0.788. The van der Waals surface area contributed by atoms with Crippen molar-refractivity contribution in [1.82, 2.24) is 0 Å². The molecule has 0 amide bonds. The van der Waals surface area contributed by atoms with Crippen LogP contribution in [0.5, 0.6) is 0 Å². The Morgan fingerprint density at radius 3 is 1.04 bits per heavy atom. The molecule has 0 unspecified atom stereocenters. The first-order valence-electron chi connectivity index (χ1n) is 11.9. The minimum absolute atomic E-state index is 0.788. The van der Waals surface area contributed by atoms with Crippen LogP contribution in [-0.4, -0.2) is 0 Å². The van der Waals surface area contributed by atoms with Crippen molar-refractivity contribution >= 4 is 0 Å². The summed E-state index contributed by atoms with van der Waals surface area (Å²) in [6.45, 7) is 8.80. The third kappa shape index (κ3) is 5.28. The van der Waals surface area contributed by atoms with Gasteiger partial charge in [0.05, 0.1) is 0 Å². The van der Waals surface area contributed by atoms with Gasteiger partial charge in [-0.2, -0.15) is 0 Å². The Kier molecular flexibility index (Phi) is 7.77. The molecule has 0 heterocycles. The molecule has 0 spiro atoms. The second-order valence-electron chi connectivity index (χ2n) is 9.16. The molecule has 4 rings (SSSR count). The van der Waals surface area contributed by atoms with E-state index in [-0.39, 0.29) is 0 Å². The van der Waals surface area contributed by atoms with Gasteiger partial charge in [-0.1, -0.05) is 102 Å². The van der Waals surface area contributed by atoms with E-state index in [1.54, 1.807) is 11.1 Å².